The Hall–Kier alpha value is -3.97. The van der Waals surface area contributed by atoms with Crippen LogP contribution in [0.15, 0.2) is 78.9 Å². The van der Waals surface area contributed by atoms with Gasteiger partial charge < -0.3 is 20.5 Å². The van der Waals surface area contributed by atoms with Gasteiger partial charge in [0.05, 0.1) is 6.04 Å². The van der Waals surface area contributed by atoms with Gasteiger partial charge in [-0.15, -0.1) is 0 Å². The van der Waals surface area contributed by atoms with E-state index in [1.54, 1.807) is 48.5 Å². The zero-order valence-corrected chi connectivity index (χ0v) is 22.3. The Labute approximate surface area is 229 Å². The monoisotopic (exact) mass is 528 g/mol. The third-order valence-electron chi connectivity index (χ3n) is 6.87. The van der Waals surface area contributed by atoms with E-state index in [0.717, 1.165) is 24.8 Å². The second-order valence-corrected chi connectivity index (χ2v) is 9.96. The van der Waals surface area contributed by atoms with Gasteiger partial charge >= 0.3 is 5.97 Å². The van der Waals surface area contributed by atoms with E-state index < -0.39 is 12.0 Å². The number of aliphatic carboxylic acids is 1. The molecule has 204 valence electrons. The number of carbonyl (C=O) groups excluding carboxylic acids is 2. The van der Waals surface area contributed by atoms with Crippen LogP contribution in [0.2, 0.25) is 0 Å². The van der Waals surface area contributed by atoms with Gasteiger partial charge in [0.25, 0.3) is 0 Å². The minimum Gasteiger partial charge on any atom is -0.492 e. The lowest BCUT2D eigenvalue weighted by Gasteiger charge is -2.19. The Kier molecular flexibility index (Phi) is 9.86. The Bertz CT molecular complexity index is 1260. The molecule has 1 fully saturated rings. The summed E-state index contributed by atoms with van der Waals surface area (Å²) in [6, 6.07) is 22.2. The van der Waals surface area contributed by atoms with Crippen molar-refractivity contribution in [1.82, 2.24) is 5.32 Å². The van der Waals surface area contributed by atoms with Crippen LogP contribution in [0.1, 0.15) is 54.1 Å². The first kappa shape index (κ1) is 28.0. The summed E-state index contributed by atoms with van der Waals surface area (Å²) in [4.78, 5) is 37.5. The first-order chi connectivity index (χ1) is 19.0. The number of para-hydroxylation sites is 1. The standard InChI is InChI=1S/C32H36N2O5/c1-2-8-29(35)30(23-15-16-23)33-19-20-39-25-17-13-22(14-18-25)21-28(32(37)38)34-27-12-7-6-11-26(27)31(36)24-9-4-3-5-10-24/h3-7,9-14,17-18,23,28,30,33-34H,2,8,15-16,19-21H2,1H3,(H,37,38)/t28-,30?/m0/s1. The number of carbonyl (C=O) groups is 3. The number of anilines is 1. The van der Waals surface area contributed by atoms with Crippen molar-refractivity contribution in [3.8, 4) is 5.75 Å². The molecule has 4 rings (SSSR count). The molecule has 7 nitrogen and oxygen atoms in total. The minimum absolute atomic E-state index is 0.0653. The zero-order valence-electron chi connectivity index (χ0n) is 22.3. The maximum absolute atomic E-state index is 13.0. The number of ketones is 2. The maximum atomic E-state index is 13.0. The molecule has 7 heteroatoms. The van der Waals surface area contributed by atoms with Crippen LogP contribution < -0.4 is 15.4 Å². The molecule has 0 spiro atoms. The highest BCUT2D eigenvalue weighted by atomic mass is 16.5. The third-order valence-corrected chi connectivity index (χ3v) is 6.87. The van der Waals surface area contributed by atoms with Crippen molar-refractivity contribution in [2.24, 2.45) is 5.92 Å². The fraction of sp³-hybridized carbons (Fsp3) is 0.344. The molecule has 3 N–H and O–H groups in total. The molecule has 1 unspecified atom stereocenters. The summed E-state index contributed by atoms with van der Waals surface area (Å²) in [5.74, 6) is 0.255. The highest BCUT2D eigenvalue weighted by Gasteiger charge is 2.34. The number of ether oxygens (including phenoxy) is 1. The van der Waals surface area contributed by atoms with Gasteiger partial charge in [-0.3, -0.25) is 9.59 Å². The van der Waals surface area contributed by atoms with Crippen LogP contribution in [0.5, 0.6) is 5.75 Å². The van der Waals surface area contributed by atoms with E-state index >= 15 is 0 Å². The van der Waals surface area contributed by atoms with E-state index in [1.165, 1.54) is 0 Å². The number of Topliss-reactive ketones (excluding diaryl/α,β-unsaturated/α-hetero) is 1. The molecule has 1 aliphatic carbocycles. The number of rotatable bonds is 16. The zero-order chi connectivity index (χ0) is 27.6. The van der Waals surface area contributed by atoms with E-state index in [4.69, 9.17) is 4.74 Å². The van der Waals surface area contributed by atoms with E-state index in [0.29, 0.717) is 48.1 Å². The van der Waals surface area contributed by atoms with Gasteiger partial charge in [-0.1, -0.05) is 61.5 Å². The van der Waals surface area contributed by atoms with Gasteiger partial charge in [-0.05, 0) is 55.0 Å². The molecule has 39 heavy (non-hydrogen) atoms. The lowest BCUT2D eigenvalue weighted by Crippen LogP contribution is -2.40. The smallest absolute Gasteiger partial charge is 0.326 e. The lowest BCUT2D eigenvalue weighted by atomic mass is 10.00. The Morgan fingerprint density at radius 1 is 0.949 bits per heavy atom. The van der Waals surface area contributed by atoms with E-state index in [9.17, 15) is 19.5 Å². The number of carboxylic acids is 1. The molecule has 0 bridgehead atoms. The van der Waals surface area contributed by atoms with Crippen LogP contribution in [-0.2, 0) is 16.0 Å². The number of benzene rings is 3. The normalized spacial score (nSPS) is 14.3. The van der Waals surface area contributed by atoms with Crippen LogP contribution in [-0.4, -0.2) is 47.9 Å². The van der Waals surface area contributed by atoms with Crippen molar-refractivity contribution in [2.75, 3.05) is 18.5 Å². The van der Waals surface area contributed by atoms with Crippen LogP contribution in [0.25, 0.3) is 0 Å². The first-order valence-electron chi connectivity index (χ1n) is 13.6. The Morgan fingerprint density at radius 3 is 2.31 bits per heavy atom. The molecule has 0 aliphatic heterocycles. The molecular weight excluding hydrogens is 492 g/mol. The summed E-state index contributed by atoms with van der Waals surface area (Å²) in [5.41, 5.74) is 2.27. The summed E-state index contributed by atoms with van der Waals surface area (Å²) >= 11 is 0. The predicted molar refractivity (Wildman–Crippen MR) is 151 cm³/mol. The third kappa shape index (κ3) is 8.01. The van der Waals surface area contributed by atoms with E-state index in [-0.39, 0.29) is 24.0 Å². The molecule has 0 aromatic heterocycles. The Morgan fingerprint density at radius 2 is 1.64 bits per heavy atom. The molecule has 2 atom stereocenters. The van der Waals surface area contributed by atoms with Gasteiger partial charge in [-0.25, -0.2) is 4.79 Å². The second-order valence-electron chi connectivity index (χ2n) is 9.96. The highest BCUT2D eigenvalue weighted by Crippen LogP contribution is 2.33. The number of nitrogens with one attached hydrogen (secondary N) is 2. The summed E-state index contributed by atoms with van der Waals surface area (Å²) in [6.07, 6.45) is 3.92. The highest BCUT2D eigenvalue weighted by molar-refractivity contribution is 6.12. The van der Waals surface area contributed by atoms with Gasteiger partial charge in [0, 0.05) is 36.2 Å². The second kappa shape index (κ2) is 13.7. The van der Waals surface area contributed by atoms with Gasteiger partial charge in [-0.2, -0.15) is 0 Å². The van der Waals surface area contributed by atoms with Crippen LogP contribution >= 0.6 is 0 Å². The molecule has 3 aromatic rings. The van der Waals surface area contributed by atoms with Crippen molar-refractivity contribution in [3.05, 3.63) is 95.6 Å². The van der Waals surface area contributed by atoms with Crippen molar-refractivity contribution in [1.29, 1.82) is 0 Å². The average Bonchev–Trinajstić information content (AvgIpc) is 3.79. The van der Waals surface area contributed by atoms with Gasteiger partial charge in [0.15, 0.2) is 5.78 Å². The summed E-state index contributed by atoms with van der Waals surface area (Å²) in [5, 5.41) is 16.3. The fourth-order valence-corrected chi connectivity index (χ4v) is 4.66. The maximum Gasteiger partial charge on any atom is 0.326 e. The molecule has 0 amide bonds. The molecule has 3 aromatic carbocycles. The molecule has 0 heterocycles. The summed E-state index contributed by atoms with van der Waals surface area (Å²) in [7, 11) is 0. The fourth-order valence-electron chi connectivity index (χ4n) is 4.66. The molecule has 0 radical (unpaired) electrons. The predicted octanol–water partition coefficient (Wildman–Crippen LogP) is 5.14. The lowest BCUT2D eigenvalue weighted by molar-refractivity contribution is -0.137. The van der Waals surface area contributed by atoms with Crippen molar-refractivity contribution >= 4 is 23.2 Å². The van der Waals surface area contributed by atoms with Crippen LogP contribution in [0, 0.1) is 5.92 Å². The summed E-state index contributed by atoms with van der Waals surface area (Å²) in [6.45, 7) is 3.05. The van der Waals surface area contributed by atoms with Gasteiger partial charge in [0.1, 0.15) is 24.2 Å². The average molecular weight is 529 g/mol. The van der Waals surface area contributed by atoms with Gasteiger partial charge in [0.2, 0.25) is 0 Å². The molecule has 1 saturated carbocycles. The molecule has 1 aliphatic rings. The van der Waals surface area contributed by atoms with Crippen molar-refractivity contribution < 1.29 is 24.2 Å². The number of hydrogen-bond acceptors (Lipinski definition) is 6. The first-order valence-corrected chi connectivity index (χ1v) is 13.6. The van der Waals surface area contributed by atoms with Crippen LogP contribution in [0.3, 0.4) is 0 Å². The van der Waals surface area contributed by atoms with Crippen molar-refractivity contribution in [2.45, 2.75) is 51.1 Å². The molecule has 0 saturated heterocycles. The topological polar surface area (TPSA) is 105 Å². The number of carboxylic acid groups (broad SMARTS) is 1. The van der Waals surface area contributed by atoms with Crippen LogP contribution in [0.4, 0.5) is 5.69 Å². The SMILES string of the molecule is CCCC(=O)C(NCCOc1ccc(C[C@H](Nc2ccccc2C(=O)c2ccccc2)C(=O)O)cc1)C1CC1. The minimum atomic E-state index is -1.01. The number of hydrogen-bond donors (Lipinski definition) is 3. The van der Waals surface area contributed by atoms with Crippen molar-refractivity contribution in [3.63, 3.8) is 0 Å². The Balaban J connectivity index is 1.32. The van der Waals surface area contributed by atoms with E-state index in [1.807, 2.05) is 37.3 Å². The largest absolute Gasteiger partial charge is 0.492 e. The summed E-state index contributed by atoms with van der Waals surface area (Å²) < 4.78 is 5.84. The van der Waals surface area contributed by atoms with E-state index in [2.05, 4.69) is 10.6 Å². The quantitative estimate of drug-likeness (QED) is 0.175. The molecular formula is C32H36N2O5.